The molecule has 1 fully saturated rings. The summed E-state index contributed by atoms with van der Waals surface area (Å²) in [4.78, 5) is 30.9. The van der Waals surface area contributed by atoms with Crippen molar-refractivity contribution in [2.45, 2.75) is 20.3 Å². The fourth-order valence-electron chi connectivity index (χ4n) is 3.20. The molecular weight excluding hydrogens is 382 g/mol. The van der Waals surface area contributed by atoms with Gasteiger partial charge < -0.3 is 10.2 Å². The van der Waals surface area contributed by atoms with Crippen LogP contribution in [-0.2, 0) is 11.2 Å². The SMILES string of the molecule is CCc1cc(C(=O)N2CCN(CC(=O)Nc3ccccc3Cl)CC2)sc1C. The summed E-state index contributed by atoms with van der Waals surface area (Å²) in [5.74, 6) is 0.00677. The first-order valence-corrected chi connectivity index (χ1v) is 10.3. The Morgan fingerprint density at radius 2 is 1.89 bits per heavy atom. The molecule has 1 aromatic carbocycles. The first-order valence-electron chi connectivity index (χ1n) is 9.13. The van der Waals surface area contributed by atoms with Gasteiger partial charge in [0.15, 0.2) is 0 Å². The highest BCUT2D eigenvalue weighted by molar-refractivity contribution is 7.14. The minimum Gasteiger partial charge on any atom is -0.335 e. The third-order valence-corrected chi connectivity index (χ3v) is 6.20. The molecule has 0 aliphatic carbocycles. The molecule has 27 heavy (non-hydrogen) atoms. The average Bonchev–Trinajstić information content (AvgIpc) is 3.04. The van der Waals surface area contributed by atoms with Gasteiger partial charge in [-0.3, -0.25) is 14.5 Å². The Hall–Kier alpha value is -1.89. The first-order chi connectivity index (χ1) is 13.0. The van der Waals surface area contributed by atoms with E-state index in [1.165, 1.54) is 10.4 Å². The van der Waals surface area contributed by atoms with E-state index in [4.69, 9.17) is 11.6 Å². The number of amides is 2. The van der Waals surface area contributed by atoms with Crippen LogP contribution in [0.5, 0.6) is 0 Å². The smallest absolute Gasteiger partial charge is 0.264 e. The number of halogens is 1. The van der Waals surface area contributed by atoms with Crippen LogP contribution < -0.4 is 5.32 Å². The van der Waals surface area contributed by atoms with Gasteiger partial charge in [0.25, 0.3) is 5.91 Å². The number of thiophene rings is 1. The summed E-state index contributed by atoms with van der Waals surface area (Å²) < 4.78 is 0. The second kappa shape index (κ2) is 8.87. The minimum atomic E-state index is -0.0932. The maximum absolute atomic E-state index is 12.7. The van der Waals surface area contributed by atoms with Crippen molar-refractivity contribution in [2.24, 2.45) is 0 Å². The molecule has 2 heterocycles. The largest absolute Gasteiger partial charge is 0.335 e. The van der Waals surface area contributed by atoms with Gasteiger partial charge in [-0.25, -0.2) is 0 Å². The van der Waals surface area contributed by atoms with Crippen molar-refractivity contribution in [3.05, 3.63) is 50.7 Å². The van der Waals surface area contributed by atoms with Crippen molar-refractivity contribution in [3.8, 4) is 0 Å². The van der Waals surface area contributed by atoms with E-state index in [2.05, 4.69) is 24.1 Å². The molecule has 1 aliphatic heterocycles. The maximum Gasteiger partial charge on any atom is 0.264 e. The minimum absolute atomic E-state index is 0.0932. The number of nitrogens with zero attached hydrogens (tertiary/aromatic N) is 2. The molecule has 0 unspecified atom stereocenters. The molecule has 0 saturated carbocycles. The lowest BCUT2D eigenvalue weighted by Gasteiger charge is -2.34. The Labute approximate surface area is 168 Å². The highest BCUT2D eigenvalue weighted by Gasteiger charge is 2.24. The standard InChI is InChI=1S/C20H24ClN3O2S/c1-3-15-12-18(27-14(15)2)20(26)24-10-8-23(9-11-24)13-19(25)22-17-7-5-4-6-16(17)21/h4-7,12H,3,8-11,13H2,1-2H3,(H,22,25). The molecule has 0 bridgehead atoms. The Balaban J connectivity index is 1.50. The predicted octanol–water partition coefficient (Wildman–Crippen LogP) is 3.67. The fraction of sp³-hybridized carbons (Fsp3) is 0.400. The van der Waals surface area contributed by atoms with Crippen LogP contribution in [0.25, 0.3) is 0 Å². The number of nitrogens with one attached hydrogen (secondary N) is 1. The zero-order valence-corrected chi connectivity index (χ0v) is 17.2. The number of carbonyl (C=O) groups is 2. The van der Waals surface area contributed by atoms with Gasteiger partial charge in [-0.15, -0.1) is 11.3 Å². The number of hydrogen-bond acceptors (Lipinski definition) is 4. The number of rotatable bonds is 5. The Morgan fingerprint density at radius 1 is 1.19 bits per heavy atom. The van der Waals surface area contributed by atoms with E-state index in [0.717, 1.165) is 11.3 Å². The molecule has 2 aromatic rings. The highest BCUT2D eigenvalue weighted by Crippen LogP contribution is 2.24. The highest BCUT2D eigenvalue weighted by atomic mass is 35.5. The summed E-state index contributed by atoms with van der Waals surface area (Å²) in [6.45, 7) is 7.11. The normalized spacial score (nSPS) is 15.0. The third kappa shape index (κ3) is 4.89. The lowest BCUT2D eigenvalue weighted by Crippen LogP contribution is -2.50. The van der Waals surface area contributed by atoms with Crippen LogP contribution in [0.4, 0.5) is 5.69 Å². The number of aryl methyl sites for hydroxylation is 2. The molecule has 1 saturated heterocycles. The van der Waals surface area contributed by atoms with Crippen LogP contribution >= 0.6 is 22.9 Å². The van der Waals surface area contributed by atoms with Gasteiger partial charge in [-0.2, -0.15) is 0 Å². The van der Waals surface area contributed by atoms with E-state index < -0.39 is 0 Å². The summed E-state index contributed by atoms with van der Waals surface area (Å²) in [6.07, 6.45) is 0.948. The zero-order chi connectivity index (χ0) is 19.4. The van der Waals surface area contributed by atoms with E-state index in [9.17, 15) is 9.59 Å². The molecule has 144 valence electrons. The van der Waals surface area contributed by atoms with Crippen molar-refractivity contribution in [2.75, 3.05) is 38.0 Å². The van der Waals surface area contributed by atoms with Crippen molar-refractivity contribution in [1.82, 2.24) is 9.80 Å². The van der Waals surface area contributed by atoms with Crippen molar-refractivity contribution in [1.29, 1.82) is 0 Å². The van der Waals surface area contributed by atoms with E-state index in [1.54, 1.807) is 23.5 Å². The van der Waals surface area contributed by atoms with Gasteiger partial charge in [-0.05, 0) is 37.1 Å². The lowest BCUT2D eigenvalue weighted by molar-refractivity contribution is -0.117. The number of para-hydroxylation sites is 1. The number of hydrogen-bond donors (Lipinski definition) is 1. The van der Waals surface area contributed by atoms with Crippen LogP contribution in [0.15, 0.2) is 30.3 Å². The Bertz CT molecular complexity index is 828. The van der Waals surface area contributed by atoms with Crippen LogP contribution in [0.2, 0.25) is 5.02 Å². The van der Waals surface area contributed by atoms with Gasteiger partial charge in [0.1, 0.15) is 0 Å². The quantitative estimate of drug-likeness (QED) is 0.825. The number of piperazine rings is 1. The number of anilines is 1. The summed E-state index contributed by atoms with van der Waals surface area (Å²) in [6, 6.07) is 9.21. The maximum atomic E-state index is 12.7. The predicted molar refractivity (Wildman–Crippen MR) is 111 cm³/mol. The topological polar surface area (TPSA) is 52.7 Å². The Morgan fingerprint density at radius 3 is 2.52 bits per heavy atom. The van der Waals surface area contributed by atoms with E-state index in [0.29, 0.717) is 43.4 Å². The van der Waals surface area contributed by atoms with Crippen molar-refractivity contribution >= 4 is 40.4 Å². The van der Waals surface area contributed by atoms with E-state index in [1.807, 2.05) is 23.1 Å². The molecule has 1 aliphatic rings. The molecule has 0 spiro atoms. The van der Waals surface area contributed by atoms with Crippen LogP contribution in [-0.4, -0.2) is 54.3 Å². The lowest BCUT2D eigenvalue weighted by atomic mass is 10.2. The molecule has 1 aromatic heterocycles. The van der Waals surface area contributed by atoms with Crippen molar-refractivity contribution < 1.29 is 9.59 Å². The summed E-state index contributed by atoms with van der Waals surface area (Å²) in [5, 5.41) is 3.37. The molecule has 0 atom stereocenters. The second-order valence-electron chi connectivity index (χ2n) is 6.64. The molecule has 5 nitrogen and oxygen atoms in total. The summed E-state index contributed by atoms with van der Waals surface area (Å²) in [7, 11) is 0. The van der Waals surface area contributed by atoms with Crippen molar-refractivity contribution in [3.63, 3.8) is 0 Å². The average molecular weight is 406 g/mol. The first kappa shape index (κ1) is 19.9. The molecule has 7 heteroatoms. The molecular formula is C20H24ClN3O2S. The van der Waals surface area contributed by atoms with Crippen LogP contribution in [0, 0.1) is 6.92 Å². The van der Waals surface area contributed by atoms with E-state index in [-0.39, 0.29) is 11.8 Å². The summed E-state index contributed by atoms with van der Waals surface area (Å²) >= 11 is 7.65. The Kier molecular flexibility index (Phi) is 6.52. The number of carbonyl (C=O) groups excluding carboxylic acids is 2. The fourth-order valence-corrected chi connectivity index (χ4v) is 4.46. The molecule has 2 amide bonds. The molecule has 0 radical (unpaired) electrons. The third-order valence-electron chi connectivity index (χ3n) is 4.79. The monoisotopic (exact) mass is 405 g/mol. The van der Waals surface area contributed by atoms with Gasteiger partial charge in [0.05, 0.1) is 22.1 Å². The zero-order valence-electron chi connectivity index (χ0n) is 15.6. The molecule has 1 N–H and O–H groups in total. The second-order valence-corrected chi connectivity index (χ2v) is 8.31. The van der Waals surface area contributed by atoms with Gasteiger partial charge in [-0.1, -0.05) is 30.7 Å². The van der Waals surface area contributed by atoms with Crippen LogP contribution in [0.3, 0.4) is 0 Å². The summed E-state index contributed by atoms with van der Waals surface area (Å²) in [5.41, 5.74) is 1.87. The van der Waals surface area contributed by atoms with Gasteiger partial charge in [0, 0.05) is 31.1 Å². The van der Waals surface area contributed by atoms with Crippen LogP contribution in [0.1, 0.15) is 27.0 Å². The van der Waals surface area contributed by atoms with Gasteiger partial charge >= 0.3 is 0 Å². The van der Waals surface area contributed by atoms with Gasteiger partial charge in [0.2, 0.25) is 5.91 Å². The molecule has 3 rings (SSSR count). The van der Waals surface area contributed by atoms with E-state index >= 15 is 0 Å². The number of benzene rings is 1.